The molecule has 0 radical (unpaired) electrons. The Morgan fingerprint density at radius 2 is 1.89 bits per heavy atom. The number of carbonyl (C=O) groups is 1. The van der Waals surface area contributed by atoms with Crippen molar-refractivity contribution in [2.75, 3.05) is 44.3 Å². The van der Waals surface area contributed by atoms with Crippen molar-refractivity contribution in [3.05, 3.63) is 60.0 Å². The number of nitrogens with zero attached hydrogens (tertiary/aromatic N) is 6. The predicted octanol–water partition coefficient (Wildman–Crippen LogP) is 2.85. The van der Waals surface area contributed by atoms with E-state index in [0.29, 0.717) is 17.3 Å². The number of carbonyl (C=O) groups excluding carboxylic acids is 1. The van der Waals surface area contributed by atoms with Crippen LogP contribution in [0.5, 0.6) is 0 Å². The fraction of sp³-hybridized carbons (Fsp3) is 0.440. The number of likely N-dealkylation sites (tertiary alicyclic amines) is 2. The Labute approximate surface area is 215 Å². The summed E-state index contributed by atoms with van der Waals surface area (Å²) in [5, 5.41) is 6.87. The molecule has 1 aromatic carbocycles. The normalized spacial score (nSPS) is 20.1. The maximum Gasteiger partial charge on any atom is 0.314 e. The summed E-state index contributed by atoms with van der Waals surface area (Å²) in [6, 6.07) is 9.06. The van der Waals surface area contributed by atoms with Gasteiger partial charge < -0.3 is 14.1 Å². The van der Waals surface area contributed by atoms with E-state index < -0.39 is 29.7 Å². The van der Waals surface area contributed by atoms with Crippen LogP contribution in [0.15, 0.2) is 47.0 Å². The summed E-state index contributed by atoms with van der Waals surface area (Å²) < 4.78 is 65.5. The first-order valence-corrected chi connectivity index (χ1v) is 12.2. The molecule has 0 spiro atoms. The molecule has 1 amide bonds. The molecular weight excluding hydrogens is 508 g/mol. The molecule has 0 saturated carbocycles. The Bertz CT molecular complexity index is 1310. The van der Waals surface area contributed by atoms with E-state index in [1.165, 1.54) is 47.5 Å². The second-order valence-corrected chi connectivity index (χ2v) is 9.82. The minimum Gasteiger partial charge on any atom is -0.415 e. The standard InChI is InChI=1S/C25H24F4N6O3/c26-16-2-1-3-18(6-16)35(8-17-5-4-15(7-30-17)22-31-32-23(38-22)21(27)28)24(36)25(29)13-34(14-25)19-9-33(10-19)20-11-37-12-20/h1-7,19-21H,8-14H2. The number of pyridine rings is 1. The largest absolute Gasteiger partial charge is 0.415 e. The van der Waals surface area contributed by atoms with Gasteiger partial charge in [0.05, 0.1) is 37.1 Å². The van der Waals surface area contributed by atoms with E-state index in [1.807, 2.05) is 4.90 Å². The van der Waals surface area contributed by atoms with Crippen LogP contribution in [0.1, 0.15) is 18.0 Å². The molecule has 0 N–H and O–H groups in total. The van der Waals surface area contributed by atoms with Crippen LogP contribution in [0.25, 0.3) is 11.5 Å². The molecule has 0 unspecified atom stereocenters. The molecular formula is C25H24F4N6O3. The van der Waals surface area contributed by atoms with E-state index in [9.17, 15) is 18.0 Å². The molecule has 3 aromatic rings. The number of rotatable bonds is 8. The van der Waals surface area contributed by atoms with Gasteiger partial charge in [0.2, 0.25) is 11.6 Å². The van der Waals surface area contributed by atoms with Crippen molar-refractivity contribution in [3.63, 3.8) is 0 Å². The maximum absolute atomic E-state index is 15.8. The average Bonchev–Trinajstić information content (AvgIpc) is 3.32. The average molecular weight is 532 g/mol. The first kappa shape index (κ1) is 24.9. The van der Waals surface area contributed by atoms with Gasteiger partial charge in [-0.1, -0.05) is 6.07 Å². The minimum absolute atomic E-state index is 0.0344. The van der Waals surface area contributed by atoms with Gasteiger partial charge in [0, 0.05) is 44.1 Å². The summed E-state index contributed by atoms with van der Waals surface area (Å²) in [4.78, 5) is 23.2. The van der Waals surface area contributed by atoms with E-state index in [0.717, 1.165) is 26.3 Å². The lowest BCUT2D eigenvalue weighted by molar-refractivity contribution is -0.159. The molecule has 5 heterocycles. The lowest BCUT2D eigenvalue weighted by Crippen LogP contribution is -2.75. The predicted molar refractivity (Wildman–Crippen MR) is 125 cm³/mol. The number of halogens is 4. The molecule has 9 nitrogen and oxygen atoms in total. The zero-order chi connectivity index (χ0) is 26.4. The number of hydrogen-bond donors (Lipinski definition) is 0. The Morgan fingerprint density at radius 3 is 2.50 bits per heavy atom. The van der Waals surface area contributed by atoms with Gasteiger partial charge in [-0.2, -0.15) is 8.78 Å². The molecule has 3 fully saturated rings. The van der Waals surface area contributed by atoms with Gasteiger partial charge in [-0.25, -0.2) is 8.78 Å². The molecule has 3 aliphatic heterocycles. The topological polar surface area (TPSA) is 87.8 Å². The SMILES string of the molecule is O=C(N(Cc1ccc(-c2nnc(C(F)F)o2)cn1)c1cccc(F)c1)C1(F)CN(C2CN(C3COC3)C2)C1. The van der Waals surface area contributed by atoms with Gasteiger partial charge in [0.15, 0.2) is 0 Å². The van der Waals surface area contributed by atoms with Crippen LogP contribution in [0.4, 0.5) is 23.2 Å². The van der Waals surface area contributed by atoms with Crippen LogP contribution in [-0.4, -0.2) is 88.0 Å². The number of alkyl halides is 3. The highest BCUT2D eigenvalue weighted by atomic mass is 19.3. The van der Waals surface area contributed by atoms with Gasteiger partial charge in [-0.3, -0.25) is 19.6 Å². The Kier molecular flexibility index (Phi) is 6.36. The molecule has 0 bridgehead atoms. The number of aromatic nitrogens is 3. The molecule has 6 rings (SSSR count). The summed E-state index contributed by atoms with van der Waals surface area (Å²) >= 11 is 0. The number of anilines is 1. The summed E-state index contributed by atoms with van der Waals surface area (Å²) in [5.41, 5.74) is -1.23. The molecule has 200 valence electrons. The fourth-order valence-electron chi connectivity index (χ4n) is 4.85. The third kappa shape index (κ3) is 4.65. The number of amides is 1. The summed E-state index contributed by atoms with van der Waals surface area (Å²) in [6.45, 7) is 2.89. The zero-order valence-corrected chi connectivity index (χ0v) is 20.1. The van der Waals surface area contributed by atoms with Gasteiger partial charge in [-0.15, -0.1) is 10.2 Å². The van der Waals surface area contributed by atoms with E-state index in [-0.39, 0.29) is 37.3 Å². The van der Waals surface area contributed by atoms with Crippen molar-refractivity contribution in [3.8, 4) is 11.5 Å². The van der Waals surface area contributed by atoms with Crippen LogP contribution in [0, 0.1) is 5.82 Å². The van der Waals surface area contributed by atoms with Crippen molar-refractivity contribution in [1.82, 2.24) is 25.0 Å². The fourth-order valence-corrected chi connectivity index (χ4v) is 4.85. The second kappa shape index (κ2) is 9.71. The van der Waals surface area contributed by atoms with Crippen molar-refractivity contribution < 1.29 is 31.5 Å². The van der Waals surface area contributed by atoms with Crippen LogP contribution in [0.2, 0.25) is 0 Å². The van der Waals surface area contributed by atoms with E-state index >= 15 is 4.39 Å². The first-order valence-electron chi connectivity index (χ1n) is 12.2. The van der Waals surface area contributed by atoms with Gasteiger partial charge in [0.1, 0.15) is 5.82 Å². The molecule has 3 saturated heterocycles. The second-order valence-electron chi connectivity index (χ2n) is 9.82. The van der Waals surface area contributed by atoms with E-state index in [2.05, 4.69) is 20.1 Å². The quantitative estimate of drug-likeness (QED) is 0.410. The Morgan fingerprint density at radius 1 is 1.11 bits per heavy atom. The van der Waals surface area contributed by atoms with E-state index in [1.54, 1.807) is 0 Å². The zero-order valence-electron chi connectivity index (χ0n) is 20.1. The van der Waals surface area contributed by atoms with Crippen molar-refractivity contribution >= 4 is 11.6 Å². The first-order chi connectivity index (χ1) is 18.3. The third-order valence-corrected chi connectivity index (χ3v) is 7.22. The Balaban J connectivity index is 1.15. The van der Waals surface area contributed by atoms with Crippen molar-refractivity contribution in [2.45, 2.75) is 30.7 Å². The van der Waals surface area contributed by atoms with Crippen molar-refractivity contribution in [1.29, 1.82) is 0 Å². The summed E-state index contributed by atoms with van der Waals surface area (Å²) in [7, 11) is 0. The smallest absolute Gasteiger partial charge is 0.314 e. The van der Waals surface area contributed by atoms with Crippen LogP contribution >= 0.6 is 0 Å². The highest BCUT2D eigenvalue weighted by Gasteiger charge is 2.56. The maximum atomic E-state index is 15.8. The van der Waals surface area contributed by atoms with Gasteiger partial charge in [0.25, 0.3) is 11.8 Å². The lowest BCUT2D eigenvalue weighted by atomic mass is 9.89. The molecule has 3 aliphatic rings. The van der Waals surface area contributed by atoms with Crippen LogP contribution in [-0.2, 0) is 16.1 Å². The Hall–Kier alpha value is -3.42. The summed E-state index contributed by atoms with van der Waals surface area (Å²) in [5.74, 6) is -2.27. The minimum atomic E-state index is -2.90. The van der Waals surface area contributed by atoms with Gasteiger partial charge >= 0.3 is 6.43 Å². The van der Waals surface area contributed by atoms with Crippen LogP contribution in [0.3, 0.4) is 0 Å². The third-order valence-electron chi connectivity index (χ3n) is 7.22. The van der Waals surface area contributed by atoms with E-state index in [4.69, 9.17) is 9.15 Å². The molecule has 2 aromatic heterocycles. The van der Waals surface area contributed by atoms with Gasteiger partial charge in [-0.05, 0) is 30.3 Å². The molecule has 0 aliphatic carbocycles. The number of hydrogen-bond acceptors (Lipinski definition) is 8. The monoisotopic (exact) mass is 532 g/mol. The van der Waals surface area contributed by atoms with Crippen molar-refractivity contribution in [2.24, 2.45) is 0 Å². The molecule has 38 heavy (non-hydrogen) atoms. The number of ether oxygens (including phenoxy) is 1. The highest BCUT2D eigenvalue weighted by molar-refractivity contribution is 6.00. The van der Waals surface area contributed by atoms with Crippen LogP contribution < -0.4 is 4.90 Å². The summed E-state index contributed by atoms with van der Waals surface area (Å²) in [6.07, 6.45) is -1.57. The number of benzene rings is 1. The lowest BCUT2D eigenvalue weighted by Gasteiger charge is -2.56. The molecule has 13 heteroatoms. The highest BCUT2D eigenvalue weighted by Crippen LogP contribution is 2.35. The molecule has 0 atom stereocenters.